The van der Waals surface area contributed by atoms with E-state index in [1.807, 2.05) is 31.2 Å². The van der Waals surface area contributed by atoms with Crippen LogP contribution in [0.5, 0.6) is 0 Å². The summed E-state index contributed by atoms with van der Waals surface area (Å²) in [6.45, 7) is 1.96. The van der Waals surface area contributed by atoms with Crippen LogP contribution >= 0.6 is 0 Å². The normalized spacial score (nSPS) is 10.2. The van der Waals surface area contributed by atoms with Gasteiger partial charge in [0.25, 0.3) is 6.01 Å². The second-order valence-corrected chi connectivity index (χ2v) is 3.65. The highest BCUT2D eigenvalue weighted by Gasteiger charge is 2.08. The van der Waals surface area contributed by atoms with Crippen LogP contribution in [0.2, 0.25) is 0 Å². The molecule has 1 heterocycles. The summed E-state index contributed by atoms with van der Waals surface area (Å²) in [5.41, 5.74) is 2.34. The van der Waals surface area contributed by atoms with E-state index in [2.05, 4.69) is 10.3 Å². The van der Waals surface area contributed by atoms with Crippen LogP contribution in [0.4, 0.5) is 11.7 Å². The van der Waals surface area contributed by atoms with Crippen molar-refractivity contribution in [3.8, 4) is 0 Å². The minimum atomic E-state index is -0.930. The molecule has 5 nitrogen and oxygen atoms in total. The van der Waals surface area contributed by atoms with E-state index in [-0.39, 0.29) is 6.42 Å². The molecule has 2 N–H and O–H groups in total. The topological polar surface area (TPSA) is 75.4 Å². The molecule has 0 bridgehead atoms. The molecule has 0 amide bonds. The molecule has 0 fully saturated rings. The maximum atomic E-state index is 10.5. The molecule has 17 heavy (non-hydrogen) atoms. The van der Waals surface area contributed by atoms with Crippen LogP contribution in [-0.2, 0) is 11.2 Å². The van der Waals surface area contributed by atoms with Gasteiger partial charge in [-0.1, -0.05) is 18.2 Å². The van der Waals surface area contributed by atoms with Gasteiger partial charge in [-0.05, 0) is 18.6 Å². The average molecular weight is 232 g/mol. The number of rotatable bonds is 4. The second kappa shape index (κ2) is 4.69. The Morgan fingerprint density at radius 3 is 2.94 bits per heavy atom. The molecular formula is C12H12N2O3. The molecule has 0 atom stereocenters. The van der Waals surface area contributed by atoms with Crippen molar-refractivity contribution in [2.75, 3.05) is 5.32 Å². The predicted octanol–water partition coefficient (Wildman–Crippen LogP) is 2.35. The number of aliphatic carboxylic acids is 1. The van der Waals surface area contributed by atoms with Crippen molar-refractivity contribution in [3.05, 3.63) is 41.8 Å². The summed E-state index contributed by atoms with van der Waals surface area (Å²) < 4.78 is 5.14. The van der Waals surface area contributed by atoms with E-state index in [9.17, 15) is 4.79 Å². The number of aryl methyl sites for hydroxylation is 1. The number of anilines is 2. The third kappa shape index (κ3) is 2.84. The van der Waals surface area contributed by atoms with Gasteiger partial charge in [0.2, 0.25) is 0 Å². The molecule has 0 unspecified atom stereocenters. The fourth-order valence-electron chi connectivity index (χ4n) is 1.43. The summed E-state index contributed by atoms with van der Waals surface area (Å²) in [5.74, 6) is -0.930. The van der Waals surface area contributed by atoms with Gasteiger partial charge < -0.3 is 14.8 Å². The fraction of sp³-hybridized carbons (Fsp3) is 0.167. The Kier molecular flexibility index (Phi) is 3.09. The van der Waals surface area contributed by atoms with Gasteiger partial charge in [-0.2, -0.15) is 4.98 Å². The maximum Gasteiger partial charge on any atom is 0.309 e. The molecular weight excluding hydrogens is 220 g/mol. The number of carbonyl (C=O) groups is 1. The minimum Gasteiger partial charge on any atom is -0.481 e. The van der Waals surface area contributed by atoms with Crippen molar-refractivity contribution in [1.82, 2.24) is 4.98 Å². The number of nitrogens with one attached hydrogen (secondary N) is 1. The first-order chi connectivity index (χ1) is 8.15. The fourth-order valence-corrected chi connectivity index (χ4v) is 1.43. The number of benzene rings is 1. The lowest BCUT2D eigenvalue weighted by Crippen LogP contribution is -2.00. The van der Waals surface area contributed by atoms with Crippen molar-refractivity contribution >= 4 is 17.7 Å². The van der Waals surface area contributed by atoms with Crippen LogP contribution in [0, 0.1) is 6.92 Å². The van der Waals surface area contributed by atoms with Gasteiger partial charge in [-0.25, -0.2) is 0 Å². The first kappa shape index (κ1) is 11.2. The summed E-state index contributed by atoms with van der Waals surface area (Å²) in [7, 11) is 0. The summed E-state index contributed by atoms with van der Waals surface area (Å²) >= 11 is 0. The van der Waals surface area contributed by atoms with Crippen LogP contribution in [0.3, 0.4) is 0 Å². The number of hydrogen-bond donors (Lipinski definition) is 2. The Morgan fingerprint density at radius 2 is 2.24 bits per heavy atom. The second-order valence-electron chi connectivity index (χ2n) is 3.65. The number of hydrogen-bond acceptors (Lipinski definition) is 4. The Bertz CT molecular complexity index is 534. The summed E-state index contributed by atoms with van der Waals surface area (Å²) in [6.07, 6.45) is 1.20. The van der Waals surface area contributed by atoms with E-state index < -0.39 is 5.97 Å². The molecule has 0 aliphatic heterocycles. The quantitative estimate of drug-likeness (QED) is 0.846. The van der Waals surface area contributed by atoms with E-state index in [0.717, 1.165) is 11.3 Å². The van der Waals surface area contributed by atoms with Crippen molar-refractivity contribution in [1.29, 1.82) is 0 Å². The number of oxazole rings is 1. The third-order valence-electron chi connectivity index (χ3n) is 2.27. The predicted molar refractivity (Wildman–Crippen MR) is 62.3 cm³/mol. The molecule has 1 aromatic heterocycles. The Balaban J connectivity index is 2.12. The maximum absolute atomic E-state index is 10.5. The lowest BCUT2D eigenvalue weighted by atomic mass is 10.2. The minimum absolute atomic E-state index is 0.140. The molecule has 88 valence electrons. The summed E-state index contributed by atoms with van der Waals surface area (Å²) in [4.78, 5) is 14.5. The standard InChI is InChI=1S/C12H12N2O3/c1-8-4-2-3-5-10(8)14-12-13-9(7-17-12)6-11(15)16/h2-5,7H,6H2,1H3,(H,13,14)(H,15,16). The molecule has 2 rings (SSSR count). The number of nitrogens with zero attached hydrogens (tertiary/aromatic N) is 1. The average Bonchev–Trinajstić information content (AvgIpc) is 2.68. The van der Waals surface area contributed by atoms with Crippen LogP contribution in [0.25, 0.3) is 0 Å². The molecule has 0 spiro atoms. The van der Waals surface area contributed by atoms with E-state index in [0.29, 0.717) is 11.7 Å². The van der Waals surface area contributed by atoms with Crippen molar-refractivity contribution in [3.63, 3.8) is 0 Å². The first-order valence-electron chi connectivity index (χ1n) is 5.14. The molecule has 5 heteroatoms. The Hall–Kier alpha value is -2.30. The number of carboxylic acids is 1. The summed E-state index contributed by atoms with van der Waals surface area (Å²) in [5, 5.41) is 11.6. The van der Waals surface area contributed by atoms with Crippen molar-refractivity contribution in [2.24, 2.45) is 0 Å². The molecule has 2 aromatic rings. The van der Waals surface area contributed by atoms with Crippen LogP contribution in [-0.4, -0.2) is 16.1 Å². The number of carboxylic acid groups (broad SMARTS) is 1. The van der Waals surface area contributed by atoms with Gasteiger partial charge in [-0.15, -0.1) is 0 Å². The van der Waals surface area contributed by atoms with Gasteiger partial charge >= 0.3 is 5.97 Å². The molecule has 0 aliphatic rings. The highest BCUT2D eigenvalue weighted by atomic mass is 16.4. The van der Waals surface area contributed by atoms with Gasteiger partial charge in [0.05, 0.1) is 12.1 Å². The van der Waals surface area contributed by atoms with Crippen molar-refractivity contribution in [2.45, 2.75) is 13.3 Å². The number of aromatic nitrogens is 1. The molecule has 0 aliphatic carbocycles. The summed E-state index contributed by atoms with van der Waals surface area (Å²) in [6, 6.07) is 8.00. The Morgan fingerprint density at radius 1 is 1.47 bits per heavy atom. The van der Waals surface area contributed by atoms with Crippen LogP contribution in [0.15, 0.2) is 34.9 Å². The third-order valence-corrected chi connectivity index (χ3v) is 2.27. The lowest BCUT2D eigenvalue weighted by molar-refractivity contribution is -0.136. The van der Waals surface area contributed by atoms with Gasteiger partial charge in [0.1, 0.15) is 6.26 Å². The van der Waals surface area contributed by atoms with Crippen LogP contribution < -0.4 is 5.32 Å². The SMILES string of the molecule is Cc1ccccc1Nc1nc(CC(=O)O)co1. The molecule has 0 radical (unpaired) electrons. The van der Waals surface area contributed by atoms with E-state index >= 15 is 0 Å². The van der Waals surface area contributed by atoms with Gasteiger partial charge in [0, 0.05) is 5.69 Å². The number of para-hydroxylation sites is 1. The van der Waals surface area contributed by atoms with E-state index in [1.54, 1.807) is 0 Å². The van der Waals surface area contributed by atoms with E-state index in [4.69, 9.17) is 9.52 Å². The van der Waals surface area contributed by atoms with Crippen molar-refractivity contribution < 1.29 is 14.3 Å². The molecule has 0 saturated carbocycles. The monoisotopic (exact) mass is 232 g/mol. The molecule has 1 aromatic carbocycles. The highest BCUT2D eigenvalue weighted by molar-refractivity contribution is 5.69. The zero-order valence-corrected chi connectivity index (χ0v) is 9.30. The van der Waals surface area contributed by atoms with Gasteiger partial charge in [-0.3, -0.25) is 4.79 Å². The van der Waals surface area contributed by atoms with Crippen LogP contribution in [0.1, 0.15) is 11.3 Å². The largest absolute Gasteiger partial charge is 0.481 e. The first-order valence-corrected chi connectivity index (χ1v) is 5.14. The highest BCUT2D eigenvalue weighted by Crippen LogP contribution is 2.19. The van der Waals surface area contributed by atoms with E-state index in [1.165, 1.54) is 6.26 Å². The molecule has 0 saturated heterocycles. The zero-order valence-electron chi connectivity index (χ0n) is 9.30. The van der Waals surface area contributed by atoms with Gasteiger partial charge in [0.15, 0.2) is 0 Å². The lowest BCUT2D eigenvalue weighted by Gasteiger charge is -2.04. The Labute approximate surface area is 98.1 Å². The smallest absolute Gasteiger partial charge is 0.309 e. The zero-order chi connectivity index (χ0) is 12.3.